The van der Waals surface area contributed by atoms with Gasteiger partial charge in [0.25, 0.3) is 0 Å². The number of rotatable bonds is 3. The van der Waals surface area contributed by atoms with Crippen molar-refractivity contribution in [3.8, 4) is 0 Å². The lowest BCUT2D eigenvalue weighted by Crippen LogP contribution is -2.55. The predicted molar refractivity (Wildman–Crippen MR) is 46.8 cm³/mol. The summed E-state index contributed by atoms with van der Waals surface area (Å²) in [6.45, 7) is -0.176. The van der Waals surface area contributed by atoms with E-state index >= 15 is 0 Å². The second kappa shape index (κ2) is 4.11. The maximum Gasteiger partial charge on any atom is 0.372 e. The van der Waals surface area contributed by atoms with Crippen molar-refractivity contribution in [1.29, 1.82) is 0 Å². The van der Waals surface area contributed by atoms with Gasteiger partial charge in [-0.1, -0.05) is 19.3 Å². The van der Waals surface area contributed by atoms with Gasteiger partial charge in [-0.2, -0.15) is 26.3 Å². The molecule has 0 aromatic carbocycles. The van der Waals surface area contributed by atoms with Crippen LogP contribution in [0.15, 0.2) is 0 Å². The Morgan fingerprint density at radius 3 is 1.62 bits per heavy atom. The molecule has 0 aromatic heterocycles. The zero-order valence-electron chi connectivity index (χ0n) is 8.80. The SMILES string of the molecule is CC(F)(F)C(F)(F)C(F)(F)[C]1CCCCC1. The van der Waals surface area contributed by atoms with E-state index in [9.17, 15) is 26.3 Å². The van der Waals surface area contributed by atoms with E-state index < -0.39 is 23.7 Å². The third-order valence-electron chi connectivity index (χ3n) is 2.85. The summed E-state index contributed by atoms with van der Waals surface area (Å²) in [6, 6.07) is 0. The summed E-state index contributed by atoms with van der Waals surface area (Å²) in [5, 5.41) is 0. The first kappa shape index (κ1) is 13.6. The minimum Gasteiger partial charge on any atom is -0.200 e. The van der Waals surface area contributed by atoms with Crippen molar-refractivity contribution in [2.45, 2.75) is 56.8 Å². The van der Waals surface area contributed by atoms with Gasteiger partial charge in [-0.05, 0) is 12.8 Å². The van der Waals surface area contributed by atoms with Crippen molar-refractivity contribution in [2.75, 3.05) is 0 Å². The molecule has 0 aliphatic heterocycles. The molecule has 0 nitrogen and oxygen atoms in total. The second-order valence-electron chi connectivity index (χ2n) is 4.20. The Hall–Kier alpha value is -0.420. The summed E-state index contributed by atoms with van der Waals surface area (Å²) in [6.07, 6.45) is 0.998. The van der Waals surface area contributed by atoms with Crippen LogP contribution in [0, 0.1) is 5.92 Å². The summed E-state index contributed by atoms with van der Waals surface area (Å²) in [4.78, 5) is 0. The van der Waals surface area contributed by atoms with Gasteiger partial charge < -0.3 is 0 Å². The highest BCUT2D eigenvalue weighted by Gasteiger charge is 2.71. The van der Waals surface area contributed by atoms with Crippen LogP contribution < -0.4 is 0 Å². The van der Waals surface area contributed by atoms with Crippen molar-refractivity contribution >= 4 is 0 Å². The Morgan fingerprint density at radius 2 is 1.25 bits per heavy atom. The molecule has 1 saturated carbocycles. The van der Waals surface area contributed by atoms with Crippen LogP contribution >= 0.6 is 0 Å². The maximum atomic E-state index is 13.3. The first-order valence-electron chi connectivity index (χ1n) is 5.09. The minimum atomic E-state index is -5.31. The van der Waals surface area contributed by atoms with Gasteiger partial charge in [-0.25, -0.2) is 0 Å². The molecular weight excluding hydrogens is 234 g/mol. The fourth-order valence-electron chi connectivity index (χ4n) is 1.79. The molecule has 0 N–H and O–H groups in total. The largest absolute Gasteiger partial charge is 0.372 e. The van der Waals surface area contributed by atoms with E-state index in [1.54, 1.807) is 0 Å². The lowest BCUT2D eigenvalue weighted by molar-refractivity contribution is -0.298. The smallest absolute Gasteiger partial charge is 0.200 e. The Labute approximate surface area is 90.0 Å². The minimum absolute atomic E-state index is 0.176. The van der Waals surface area contributed by atoms with Crippen LogP contribution in [-0.4, -0.2) is 17.8 Å². The lowest BCUT2D eigenvalue weighted by atomic mass is 9.81. The van der Waals surface area contributed by atoms with E-state index in [0.717, 1.165) is 0 Å². The molecule has 1 aliphatic carbocycles. The molecule has 1 radical (unpaired) electrons. The molecule has 0 heterocycles. The molecule has 0 atom stereocenters. The van der Waals surface area contributed by atoms with Gasteiger partial charge in [-0.15, -0.1) is 0 Å². The van der Waals surface area contributed by atoms with E-state index in [-0.39, 0.29) is 19.8 Å². The van der Waals surface area contributed by atoms with Gasteiger partial charge in [0.2, 0.25) is 0 Å². The zero-order valence-corrected chi connectivity index (χ0v) is 8.80. The molecule has 1 rings (SSSR count). The van der Waals surface area contributed by atoms with Crippen LogP contribution in [-0.2, 0) is 0 Å². The molecular formula is C10H13F6. The fraction of sp³-hybridized carbons (Fsp3) is 0.900. The molecule has 0 aromatic rings. The third-order valence-corrected chi connectivity index (χ3v) is 2.85. The molecule has 0 spiro atoms. The summed E-state index contributed by atoms with van der Waals surface area (Å²) in [5.41, 5.74) is 0. The zero-order chi connectivity index (χ0) is 12.6. The fourth-order valence-corrected chi connectivity index (χ4v) is 1.79. The van der Waals surface area contributed by atoms with Gasteiger partial charge in [-0.3, -0.25) is 0 Å². The topological polar surface area (TPSA) is 0 Å². The molecule has 0 amide bonds. The Morgan fingerprint density at radius 1 is 0.812 bits per heavy atom. The summed E-state index contributed by atoms with van der Waals surface area (Å²) in [7, 11) is 0. The van der Waals surface area contributed by atoms with Crippen LogP contribution in [0.4, 0.5) is 26.3 Å². The number of hydrogen-bond acceptors (Lipinski definition) is 0. The first-order chi connectivity index (χ1) is 7.11. The lowest BCUT2D eigenvalue weighted by Gasteiger charge is -2.37. The molecule has 95 valence electrons. The van der Waals surface area contributed by atoms with Crippen molar-refractivity contribution in [2.24, 2.45) is 0 Å². The summed E-state index contributed by atoms with van der Waals surface area (Å²) < 4.78 is 77.6. The Balaban J connectivity index is 2.90. The molecule has 0 unspecified atom stereocenters. The quantitative estimate of drug-likeness (QED) is 0.646. The molecule has 1 fully saturated rings. The van der Waals surface area contributed by atoms with E-state index in [1.165, 1.54) is 0 Å². The van der Waals surface area contributed by atoms with Crippen LogP contribution in [0.1, 0.15) is 39.0 Å². The van der Waals surface area contributed by atoms with E-state index in [0.29, 0.717) is 19.3 Å². The van der Waals surface area contributed by atoms with Crippen LogP contribution in [0.2, 0.25) is 0 Å². The predicted octanol–water partition coefficient (Wildman–Crippen LogP) is 4.45. The van der Waals surface area contributed by atoms with Crippen molar-refractivity contribution in [3.63, 3.8) is 0 Å². The normalized spacial score (nSPS) is 21.2. The van der Waals surface area contributed by atoms with Crippen molar-refractivity contribution in [1.82, 2.24) is 0 Å². The first-order valence-corrected chi connectivity index (χ1v) is 5.09. The van der Waals surface area contributed by atoms with Gasteiger partial charge in [0.1, 0.15) is 0 Å². The average molecular weight is 247 g/mol. The highest BCUT2D eigenvalue weighted by Crippen LogP contribution is 2.53. The van der Waals surface area contributed by atoms with Crippen molar-refractivity contribution < 1.29 is 26.3 Å². The number of halogens is 6. The third kappa shape index (κ3) is 2.15. The van der Waals surface area contributed by atoms with Crippen LogP contribution in [0.3, 0.4) is 0 Å². The van der Waals surface area contributed by atoms with Crippen LogP contribution in [0.5, 0.6) is 0 Å². The average Bonchev–Trinajstić information content (AvgIpc) is 2.17. The molecule has 0 bridgehead atoms. The summed E-state index contributed by atoms with van der Waals surface area (Å²) in [5.74, 6) is -15.5. The number of alkyl halides is 6. The standard InChI is InChI=1S/C10H13F6/c1-8(11,12)10(15,16)9(13,14)7-5-3-2-4-6-7/h2-6H2,1H3. The molecule has 0 saturated heterocycles. The highest BCUT2D eigenvalue weighted by molar-refractivity contribution is 5.13. The van der Waals surface area contributed by atoms with E-state index in [1.807, 2.05) is 0 Å². The van der Waals surface area contributed by atoms with E-state index in [4.69, 9.17) is 0 Å². The van der Waals surface area contributed by atoms with Crippen molar-refractivity contribution in [3.05, 3.63) is 5.92 Å². The molecule has 6 heteroatoms. The van der Waals surface area contributed by atoms with E-state index in [2.05, 4.69) is 0 Å². The highest BCUT2D eigenvalue weighted by atomic mass is 19.3. The second-order valence-corrected chi connectivity index (χ2v) is 4.20. The van der Waals surface area contributed by atoms with Crippen LogP contribution in [0.25, 0.3) is 0 Å². The Kier molecular flexibility index (Phi) is 3.50. The molecule has 16 heavy (non-hydrogen) atoms. The Bertz CT molecular complexity index is 236. The number of hydrogen-bond donors (Lipinski definition) is 0. The molecule has 1 aliphatic rings. The summed E-state index contributed by atoms with van der Waals surface area (Å²) >= 11 is 0. The van der Waals surface area contributed by atoms with Gasteiger partial charge >= 0.3 is 17.8 Å². The van der Waals surface area contributed by atoms with Gasteiger partial charge in [0.05, 0.1) is 5.92 Å². The maximum absolute atomic E-state index is 13.3. The van der Waals surface area contributed by atoms with Gasteiger partial charge in [0, 0.05) is 6.92 Å². The van der Waals surface area contributed by atoms with Gasteiger partial charge in [0.15, 0.2) is 0 Å². The monoisotopic (exact) mass is 247 g/mol.